The van der Waals surface area contributed by atoms with E-state index in [0.717, 1.165) is 0 Å². The van der Waals surface area contributed by atoms with Gasteiger partial charge in [-0.1, -0.05) is 0 Å². The summed E-state index contributed by atoms with van der Waals surface area (Å²) in [5, 5.41) is 12.0. The molecule has 19 heavy (non-hydrogen) atoms. The summed E-state index contributed by atoms with van der Waals surface area (Å²) in [5.74, 6) is 1.11. The van der Waals surface area contributed by atoms with E-state index >= 15 is 0 Å². The molecule has 5 nitrogen and oxygen atoms in total. The molecule has 0 aromatic heterocycles. The van der Waals surface area contributed by atoms with Crippen molar-refractivity contribution in [2.45, 2.75) is 24.7 Å². The maximum atomic E-state index is 12.2. The molecule has 0 aliphatic carbocycles. The number of fused-ring (bicyclic) bond motifs is 1. The second-order valence-corrected chi connectivity index (χ2v) is 5.19. The third-order valence-electron chi connectivity index (χ3n) is 2.82. The average Bonchev–Trinajstić information content (AvgIpc) is 2.59. The van der Waals surface area contributed by atoms with Gasteiger partial charge in [0, 0.05) is 5.56 Å². The van der Waals surface area contributed by atoms with Crippen LogP contribution in [-0.4, -0.2) is 52.2 Å². The monoisotopic (exact) mass is 259 g/mol. The number of Topliss-reactive ketones (excluding diaryl/α,β-unsaturated/α-hetero) is 1. The fraction of sp³-hybridized carbons (Fsp3) is 0.364. The van der Waals surface area contributed by atoms with Gasteiger partial charge in [-0.3, -0.25) is 10.1 Å². The lowest BCUT2D eigenvalue weighted by molar-refractivity contribution is 0.0830. The summed E-state index contributed by atoms with van der Waals surface area (Å²) in [6, 6.07) is 4.64. The number of hydrogen-bond donors (Lipinski definition) is 2. The zero-order valence-electron chi connectivity index (χ0n) is 11.6. The third kappa shape index (κ3) is 3.14. The summed E-state index contributed by atoms with van der Waals surface area (Å²) in [6.07, 6.45) is -0.730. The SMILES string of the molecule is BC(O)N[C@@H](C)C(=O)c1ccc2c(c1)OC(B)(B)O2. The summed E-state index contributed by atoms with van der Waals surface area (Å²) in [6.45, 7) is 1.71. The number of ketones is 1. The number of hydrogen-bond acceptors (Lipinski definition) is 5. The van der Waals surface area contributed by atoms with Crippen LogP contribution in [0.4, 0.5) is 0 Å². The smallest absolute Gasteiger partial charge is 0.197 e. The van der Waals surface area contributed by atoms with Gasteiger partial charge >= 0.3 is 0 Å². The summed E-state index contributed by atoms with van der Waals surface area (Å²) in [7, 11) is 5.20. The minimum Gasteiger partial charge on any atom is -0.467 e. The highest BCUT2D eigenvalue weighted by atomic mass is 16.7. The molecule has 0 spiro atoms. The summed E-state index contributed by atoms with van der Waals surface area (Å²) < 4.78 is 11.2. The Balaban J connectivity index is 2.18. The molecule has 0 saturated heterocycles. The van der Waals surface area contributed by atoms with Gasteiger partial charge in [-0.15, -0.1) is 0 Å². The molecule has 0 amide bonds. The molecule has 2 N–H and O–H groups in total. The number of aliphatic hydroxyl groups excluding tert-OH is 1. The molecule has 0 bridgehead atoms. The molecule has 1 aromatic carbocycles. The van der Waals surface area contributed by atoms with Crippen molar-refractivity contribution in [2.24, 2.45) is 0 Å². The molecule has 2 rings (SSSR count). The fourth-order valence-corrected chi connectivity index (χ4v) is 2.06. The first kappa shape index (κ1) is 14.0. The van der Waals surface area contributed by atoms with Crippen LogP contribution in [0.5, 0.6) is 11.5 Å². The predicted octanol–water partition coefficient (Wildman–Crippen LogP) is -2.59. The Morgan fingerprint density at radius 3 is 2.63 bits per heavy atom. The van der Waals surface area contributed by atoms with E-state index in [9.17, 15) is 9.90 Å². The van der Waals surface area contributed by atoms with Crippen molar-refractivity contribution in [3.05, 3.63) is 23.8 Å². The number of aliphatic hydroxyl groups is 1. The second kappa shape index (κ2) is 4.94. The summed E-state index contributed by atoms with van der Waals surface area (Å²) in [4.78, 5) is 12.2. The largest absolute Gasteiger partial charge is 0.467 e. The number of carbonyl (C=O) groups excluding carboxylic acids is 1. The van der Waals surface area contributed by atoms with E-state index in [1.54, 1.807) is 33.0 Å². The molecule has 0 saturated carbocycles. The van der Waals surface area contributed by atoms with Crippen LogP contribution in [0.2, 0.25) is 0 Å². The van der Waals surface area contributed by atoms with Crippen LogP contribution in [-0.2, 0) is 0 Å². The van der Waals surface area contributed by atoms with E-state index in [-0.39, 0.29) is 5.78 Å². The Morgan fingerprint density at radius 2 is 2.00 bits per heavy atom. The van der Waals surface area contributed by atoms with Crippen molar-refractivity contribution >= 4 is 29.3 Å². The van der Waals surface area contributed by atoms with Crippen molar-refractivity contribution in [1.29, 1.82) is 0 Å². The number of benzene rings is 1. The van der Waals surface area contributed by atoms with Gasteiger partial charge in [0.15, 0.2) is 46.4 Å². The van der Waals surface area contributed by atoms with Crippen molar-refractivity contribution in [1.82, 2.24) is 5.32 Å². The van der Waals surface area contributed by atoms with Gasteiger partial charge in [-0.25, -0.2) is 0 Å². The molecule has 1 aliphatic heterocycles. The van der Waals surface area contributed by atoms with Crippen LogP contribution in [0.1, 0.15) is 17.3 Å². The topological polar surface area (TPSA) is 67.8 Å². The van der Waals surface area contributed by atoms with E-state index in [2.05, 4.69) is 5.32 Å². The lowest BCUT2D eigenvalue weighted by Crippen LogP contribution is -2.41. The number of ether oxygens (including phenoxy) is 2. The first-order valence-corrected chi connectivity index (χ1v) is 6.29. The summed E-state index contributed by atoms with van der Waals surface area (Å²) >= 11 is 0. The lowest BCUT2D eigenvalue weighted by atomic mass is 9.76. The lowest BCUT2D eigenvalue weighted by Gasteiger charge is -2.17. The average molecular weight is 259 g/mol. The minimum atomic E-state index is -0.730. The first-order valence-electron chi connectivity index (χ1n) is 6.29. The van der Waals surface area contributed by atoms with Crippen molar-refractivity contribution in [3.8, 4) is 11.5 Å². The maximum absolute atomic E-state index is 12.2. The van der Waals surface area contributed by atoms with E-state index in [0.29, 0.717) is 17.1 Å². The molecule has 98 valence electrons. The van der Waals surface area contributed by atoms with Gasteiger partial charge in [0.25, 0.3) is 0 Å². The highest BCUT2D eigenvalue weighted by Gasteiger charge is 2.31. The van der Waals surface area contributed by atoms with E-state index in [1.165, 1.54) is 0 Å². The Morgan fingerprint density at radius 1 is 1.37 bits per heavy atom. The maximum Gasteiger partial charge on any atom is 0.197 e. The molecule has 8 heteroatoms. The molecule has 1 heterocycles. The Hall–Kier alpha value is -1.40. The quantitative estimate of drug-likeness (QED) is 0.352. The number of carbonyl (C=O) groups is 1. The normalized spacial score (nSPS) is 18.8. The van der Waals surface area contributed by atoms with E-state index in [1.807, 2.05) is 15.7 Å². The molecule has 0 radical (unpaired) electrons. The Bertz CT molecular complexity index is 507. The van der Waals surface area contributed by atoms with Gasteiger partial charge in [0.05, 0.1) is 12.2 Å². The zero-order chi connectivity index (χ0) is 14.2. The zero-order valence-corrected chi connectivity index (χ0v) is 11.6. The Kier molecular flexibility index (Phi) is 3.65. The van der Waals surface area contributed by atoms with E-state index in [4.69, 9.17) is 9.47 Å². The highest BCUT2D eigenvalue weighted by Crippen LogP contribution is 2.37. The van der Waals surface area contributed by atoms with Crippen molar-refractivity contribution in [2.75, 3.05) is 0 Å². The molecule has 0 fully saturated rings. The van der Waals surface area contributed by atoms with E-state index < -0.39 is 17.8 Å². The molecule has 1 unspecified atom stereocenters. The van der Waals surface area contributed by atoms with Crippen LogP contribution < -0.4 is 14.8 Å². The van der Waals surface area contributed by atoms with Gasteiger partial charge in [-0.05, 0) is 25.1 Å². The van der Waals surface area contributed by atoms with Gasteiger partial charge < -0.3 is 14.6 Å². The second-order valence-electron chi connectivity index (χ2n) is 5.19. The number of nitrogens with one attached hydrogen (secondary N) is 1. The van der Waals surface area contributed by atoms with Crippen LogP contribution in [0.25, 0.3) is 0 Å². The minimum absolute atomic E-state index is 0.1000. The van der Waals surface area contributed by atoms with Crippen LogP contribution in [0, 0.1) is 0 Å². The molecule has 2 atom stereocenters. The van der Waals surface area contributed by atoms with Gasteiger partial charge in [0.2, 0.25) is 0 Å². The molecule has 1 aliphatic rings. The van der Waals surface area contributed by atoms with Crippen molar-refractivity contribution < 1.29 is 19.4 Å². The highest BCUT2D eigenvalue weighted by molar-refractivity contribution is 6.38. The number of rotatable bonds is 4. The fourth-order valence-electron chi connectivity index (χ4n) is 2.06. The summed E-state index contributed by atoms with van der Waals surface area (Å²) in [5.41, 5.74) is -0.172. The standard InChI is InChI=1S/C11H16B3NO4/c1-5(15-10(12)17)9(16)6-2-3-7-8(4-6)19-11(13,14)18-7/h2-5,10,15,17H,12-14H2,1H3/t5-,10?/m0/s1. The molecular weight excluding hydrogens is 243 g/mol. The third-order valence-corrected chi connectivity index (χ3v) is 2.82. The molecular formula is C11H16B3NO4. The van der Waals surface area contributed by atoms with Crippen molar-refractivity contribution in [3.63, 3.8) is 0 Å². The van der Waals surface area contributed by atoms with Crippen LogP contribution in [0.3, 0.4) is 0 Å². The predicted molar refractivity (Wildman–Crippen MR) is 79.0 cm³/mol. The first-order chi connectivity index (χ1) is 8.78. The van der Waals surface area contributed by atoms with Crippen LogP contribution >= 0.6 is 0 Å². The van der Waals surface area contributed by atoms with Gasteiger partial charge in [-0.2, -0.15) is 0 Å². The van der Waals surface area contributed by atoms with Crippen LogP contribution in [0.15, 0.2) is 18.2 Å². The van der Waals surface area contributed by atoms with Gasteiger partial charge in [0.1, 0.15) is 0 Å². The molecule has 1 aromatic rings. The Labute approximate surface area is 114 Å².